The molecule has 0 aromatic heterocycles. The Labute approximate surface area is 169 Å². The summed E-state index contributed by atoms with van der Waals surface area (Å²) < 4.78 is 14.4. The number of aliphatic imine (C=N–C) groups is 1. The van der Waals surface area contributed by atoms with E-state index in [1.807, 2.05) is 12.1 Å². The van der Waals surface area contributed by atoms with E-state index >= 15 is 0 Å². The molecule has 1 aromatic rings. The summed E-state index contributed by atoms with van der Waals surface area (Å²) in [6, 6.07) is 4.72. The molecule has 0 bridgehead atoms. The zero-order valence-corrected chi connectivity index (χ0v) is 16.9. The fourth-order valence-electron chi connectivity index (χ4n) is 2.87. The molecular formula is C19H26FN5O2S. The number of carbonyl (C=O) groups is 1. The molecule has 1 aliphatic rings. The number of hydrogen-bond donors (Lipinski definition) is 3. The highest BCUT2D eigenvalue weighted by molar-refractivity contribution is 7.80. The van der Waals surface area contributed by atoms with Gasteiger partial charge in [0.1, 0.15) is 5.82 Å². The number of likely N-dealkylation sites (N-methyl/N-ethyl adjacent to an activating group) is 1. The summed E-state index contributed by atoms with van der Waals surface area (Å²) in [6.45, 7) is 3.08. The first-order valence-corrected chi connectivity index (χ1v) is 9.42. The monoisotopic (exact) mass is 407 g/mol. The summed E-state index contributed by atoms with van der Waals surface area (Å²) >= 11 is 4.95. The number of thiocarbonyl (C=S) groups is 1. The number of rotatable bonds is 4. The maximum Gasteiger partial charge on any atom is 0.323 e. The van der Waals surface area contributed by atoms with Crippen LogP contribution in [-0.4, -0.2) is 60.3 Å². The van der Waals surface area contributed by atoms with Gasteiger partial charge in [-0.3, -0.25) is 5.32 Å². The second-order valence-electron chi connectivity index (χ2n) is 6.63. The highest BCUT2D eigenvalue weighted by Gasteiger charge is 2.20. The van der Waals surface area contributed by atoms with Crippen molar-refractivity contribution in [3.8, 4) is 0 Å². The van der Waals surface area contributed by atoms with Gasteiger partial charge in [0.05, 0.1) is 12.4 Å². The molecule has 2 amide bonds. The summed E-state index contributed by atoms with van der Waals surface area (Å²) in [5.74, 6) is -0.0277. The largest absolute Gasteiger partial charge is 0.395 e. The Morgan fingerprint density at radius 2 is 2.14 bits per heavy atom. The Kier molecular flexibility index (Phi) is 7.89. The standard InChI is InChI=1S/C19H26FN5O2S/c1-13(21)22-18(28)23-19(27)25-7-5-14(6-8-25)11-15-3-4-16(12-17(15)20)24(2)9-10-26/h3-4,11-12,26H,5-10H2,1-2H3,(H3,21,22,23,27,28). The number of nitrogens with two attached hydrogens (primary N) is 1. The minimum absolute atomic E-state index is 0.0108. The normalized spacial score (nSPS) is 14.6. The molecule has 4 N–H and O–H groups in total. The van der Waals surface area contributed by atoms with Crippen molar-refractivity contribution in [1.82, 2.24) is 10.2 Å². The van der Waals surface area contributed by atoms with Crippen LogP contribution in [-0.2, 0) is 0 Å². The first-order valence-electron chi connectivity index (χ1n) is 9.01. The summed E-state index contributed by atoms with van der Waals surface area (Å²) in [7, 11) is 1.80. The van der Waals surface area contributed by atoms with Gasteiger partial charge >= 0.3 is 6.03 Å². The van der Waals surface area contributed by atoms with E-state index in [4.69, 9.17) is 23.1 Å². The Bertz CT molecular complexity index is 783. The Balaban J connectivity index is 1.95. The summed E-state index contributed by atoms with van der Waals surface area (Å²) in [5, 5.41) is 11.6. The van der Waals surface area contributed by atoms with Crippen LogP contribution in [0.4, 0.5) is 14.9 Å². The first-order chi connectivity index (χ1) is 13.3. The number of anilines is 1. The highest BCUT2D eigenvalue weighted by Crippen LogP contribution is 2.23. The molecule has 1 aromatic carbocycles. The molecule has 1 heterocycles. The number of amides is 2. The number of aliphatic hydroxyl groups is 1. The molecule has 1 saturated heterocycles. The number of nitrogens with zero attached hydrogens (tertiary/aromatic N) is 3. The first kappa shape index (κ1) is 21.8. The van der Waals surface area contributed by atoms with Crippen LogP contribution >= 0.6 is 12.2 Å². The van der Waals surface area contributed by atoms with E-state index in [0.717, 1.165) is 5.57 Å². The number of likely N-dealkylation sites (tertiary alicyclic amines) is 1. The van der Waals surface area contributed by atoms with Crippen LogP contribution in [0.3, 0.4) is 0 Å². The quantitative estimate of drug-likeness (QED) is 0.404. The molecule has 28 heavy (non-hydrogen) atoms. The molecule has 1 fully saturated rings. The van der Waals surface area contributed by atoms with E-state index in [1.54, 1.807) is 29.8 Å². The second kappa shape index (κ2) is 10.1. The zero-order chi connectivity index (χ0) is 20.7. The van der Waals surface area contributed by atoms with Crippen LogP contribution in [0, 0.1) is 5.82 Å². The van der Waals surface area contributed by atoms with Crippen molar-refractivity contribution in [2.45, 2.75) is 19.8 Å². The van der Waals surface area contributed by atoms with Crippen LogP contribution in [0.25, 0.3) is 6.08 Å². The molecule has 9 heteroatoms. The lowest BCUT2D eigenvalue weighted by Crippen LogP contribution is -2.44. The minimum atomic E-state index is -0.310. The Hall–Kier alpha value is -2.52. The van der Waals surface area contributed by atoms with Crippen molar-refractivity contribution in [3.63, 3.8) is 0 Å². The number of hydrogen-bond acceptors (Lipinski definition) is 4. The van der Waals surface area contributed by atoms with Crippen molar-refractivity contribution in [1.29, 1.82) is 0 Å². The molecule has 0 spiro atoms. The Morgan fingerprint density at radius 1 is 1.46 bits per heavy atom. The lowest BCUT2D eigenvalue weighted by atomic mass is 10.0. The predicted octanol–water partition coefficient (Wildman–Crippen LogP) is 2.11. The predicted molar refractivity (Wildman–Crippen MR) is 114 cm³/mol. The van der Waals surface area contributed by atoms with Gasteiger partial charge in [0.25, 0.3) is 0 Å². The molecule has 1 aliphatic heterocycles. The van der Waals surface area contributed by atoms with Crippen LogP contribution < -0.4 is 16.0 Å². The molecule has 0 saturated carbocycles. The van der Waals surface area contributed by atoms with Crippen molar-refractivity contribution in [3.05, 3.63) is 35.2 Å². The van der Waals surface area contributed by atoms with Crippen molar-refractivity contribution in [2.75, 3.05) is 38.2 Å². The third kappa shape index (κ3) is 6.28. The van der Waals surface area contributed by atoms with Crippen LogP contribution in [0.15, 0.2) is 28.8 Å². The number of amidine groups is 1. The number of piperidine rings is 1. The molecule has 7 nitrogen and oxygen atoms in total. The maximum absolute atomic E-state index is 14.4. The van der Waals surface area contributed by atoms with E-state index in [2.05, 4.69) is 10.3 Å². The number of carbonyl (C=O) groups excluding carboxylic acids is 1. The number of urea groups is 1. The molecular weight excluding hydrogens is 381 g/mol. The van der Waals surface area contributed by atoms with Gasteiger partial charge in [-0.2, -0.15) is 0 Å². The van der Waals surface area contributed by atoms with Crippen LogP contribution in [0.1, 0.15) is 25.3 Å². The number of benzene rings is 1. The number of aliphatic hydroxyl groups excluding tert-OH is 1. The van der Waals surface area contributed by atoms with Gasteiger partial charge in [-0.15, -0.1) is 0 Å². The number of halogens is 1. The van der Waals surface area contributed by atoms with Gasteiger partial charge in [-0.1, -0.05) is 11.6 Å². The van der Waals surface area contributed by atoms with Gasteiger partial charge in [0.2, 0.25) is 5.11 Å². The lowest BCUT2D eigenvalue weighted by Gasteiger charge is -2.28. The van der Waals surface area contributed by atoms with Crippen molar-refractivity contribution < 1.29 is 14.3 Å². The SMILES string of the molecule is C/C(N)=N/C(=S)NC(=O)N1CCC(=Cc2ccc(N(C)CCO)cc2F)CC1. The van der Waals surface area contributed by atoms with Gasteiger partial charge in [-0.25, -0.2) is 14.2 Å². The second-order valence-corrected chi connectivity index (χ2v) is 7.02. The maximum atomic E-state index is 14.4. The average Bonchev–Trinajstić information content (AvgIpc) is 2.63. The molecule has 0 unspecified atom stereocenters. The van der Waals surface area contributed by atoms with Crippen LogP contribution in [0.5, 0.6) is 0 Å². The van der Waals surface area contributed by atoms with Gasteiger partial charge in [0, 0.05) is 37.9 Å². The topological polar surface area (TPSA) is 94.2 Å². The average molecular weight is 408 g/mol. The van der Waals surface area contributed by atoms with E-state index in [1.165, 1.54) is 6.07 Å². The van der Waals surface area contributed by atoms with Gasteiger partial charge < -0.3 is 20.6 Å². The summed E-state index contributed by atoms with van der Waals surface area (Å²) in [5.41, 5.74) is 7.75. The fourth-order valence-corrected chi connectivity index (χ4v) is 3.10. The van der Waals surface area contributed by atoms with Crippen molar-refractivity contribution >= 4 is 41.0 Å². The Morgan fingerprint density at radius 3 is 2.71 bits per heavy atom. The van der Waals surface area contributed by atoms with E-state index in [9.17, 15) is 9.18 Å². The fraction of sp³-hybridized carbons (Fsp3) is 0.421. The molecule has 0 radical (unpaired) electrons. The highest BCUT2D eigenvalue weighted by atomic mass is 32.1. The number of nitrogens with one attached hydrogen (secondary N) is 1. The van der Waals surface area contributed by atoms with E-state index in [-0.39, 0.29) is 29.4 Å². The van der Waals surface area contributed by atoms with E-state index in [0.29, 0.717) is 43.7 Å². The van der Waals surface area contributed by atoms with Gasteiger partial charge in [0.15, 0.2) is 0 Å². The molecule has 2 rings (SSSR count). The third-order valence-electron chi connectivity index (χ3n) is 4.40. The summed E-state index contributed by atoms with van der Waals surface area (Å²) in [6.07, 6.45) is 3.16. The third-order valence-corrected chi connectivity index (χ3v) is 4.60. The van der Waals surface area contributed by atoms with Gasteiger partial charge in [-0.05, 0) is 50.2 Å². The van der Waals surface area contributed by atoms with E-state index < -0.39 is 0 Å². The van der Waals surface area contributed by atoms with Crippen molar-refractivity contribution in [2.24, 2.45) is 10.7 Å². The summed E-state index contributed by atoms with van der Waals surface area (Å²) in [4.78, 5) is 19.4. The zero-order valence-electron chi connectivity index (χ0n) is 16.1. The molecule has 152 valence electrons. The smallest absolute Gasteiger partial charge is 0.323 e. The lowest BCUT2D eigenvalue weighted by molar-refractivity contribution is 0.199. The molecule has 0 aliphatic carbocycles. The van der Waals surface area contributed by atoms with Crippen LogP contribution in [0.2, 0.25) is 0 Å². The minimum Gasteiger partial charge on any atom is -0.395 e. The molecule has 0 atom stereocenters.